The number of aliphatic carboxylic acids is 1. The number of amides is 1. The molecule has 0 fully saturated rings. The van der Waals surface area contributed by atoms with Gasteiger partial charge in [-0.2, -0.15) is 0 Å². The Morgan fingerprint density at radius 1 is 0.771 bits per heavy atom. The first-order valence-corrected chi connectivity index (χ1v) is 21.9. The molecule has 0 saturated carbocycles. The molecule has 0 aliphatic carbocycles. The lowest BCUT2D eigenvalue weighted by Crippen LogP contribution is -2.23. The van der Waals surface area contributed by atoms with Crippen LogP contribution in [0.15, 0.2) is 108 Å². The molecule has 1 amide bonds. The van der Waals surface area contributed by atoms with Gasteiger partial charge in [-0.15, -0.1) is 18.8 Å². The van der Waals surface area contributed by atoms with Crippen molar-refractivity contribution in [3.63, 3.8) is 0 Å². The number of nitrogens with zero attached hydrogens (tertiary/aromatic N) is 5. The van der Waals surface area contributed by atoms with Gasteiger partial charge >= 0.3 is 5.97 Å². The number of hydrogen-bond acceptors (Lipinski definition) is 11. The number of anilines is 1. The van der Waals surface area contributed by atoms with E-state index in [9.17, 15) is 18.8 Å². The van der Waals surface area contributed by atoms with Crippen LogP contribution < -0.4 is 16.8 Å². The van der Waals surface area contributed by atoms with Gasteiger partial charge in [-0.05, 0) is 102 Å². The third kappa shape index (κ3) is 17.9. The molecule has 0 unspecified atom stereocenters. The van der Waals surface area contributed by atoms with Crippen molar-refractivity contribution in [1.82, 2.24) is 30.2 Å². The molecule has 70 heavy (non-hydrogen) atoms. The van der Waals surface area contributed by atoms with E-state index in [0.717, 1.165) is 66.2 Å². The Balaban J connectivity index is 0.000000278. The van der Waals surface area contributed by atoms with Crippen LogP contribution in [0.1, 0.15) is 71.6 Å². The smallest absolute Gasteiger partial charge is 0.307 e. The van der Waals surface area contributed by atoms with E-state index in [2.05, 4.69) is 48.5 Å². The zero-order chi connectivity index (χ0) is 51.2. The zero-order valence-electron chi connectivity index (χ0n) is 38.6. The minimum Gasteiger partial charge on any atom is -0.481 e. The number of oxazole rings is 1. The Bertz CT molecular complexity index is 3150. The Kier molecular flexibility index (Phi) is 22.7. The highest BCUT2D eigenvalue weighted by Crippen LogP contribution is 2.22. The largest absolute Gasteiger partial charge is 0.481 e. The summed E-state index contributed by atoms with van der Waals surface area (Å²) in [5.74, 6) is 4.74. The fourth-order valence-electron chi connectivity index (χ4n) is 6.58. The van der Waals surface area contributed by atoms with Crippen LogP contribution in [0.2, 0.25) is 15.1 Å². The molecule has 3 aromatic carbocycles. The second-order valence-electron chi connectivity index (χ2n) is 14.8. The van der Waals surface area contributed by atoms with E-state index in [4.69, 9.17) is 63.6 Å². The lowest BCUT2D eigenvalue weighted by Gasteiger charge is -2.10. The van der Waals surface area contributed by atoms with Gasteiger partial charge in [0.25, 0.3) is 5.91 Å². The number of carboxylic acid groups (broad SMARTS) is 1. The summed E-state index contributed by atoms with van der Waals surface area (Å²) in [6, 6.07) is 24.2. The molecule has 5 aromatic heterocycles. The predicted molar refractivity (Wildman–Crippen MR) is 279 cm³/mol. The summed E-state index contributed by atoms with van der Waals surface area (Å²) in [5, 5.41) is 16.0. The summed E-state index contributed by atoms with van der Waals surface area (Å²) in [4.78, 5) is 55.7. The van der Waals surface area contributed by atoms with Crippen LogP contribution in [0.4, 0.5) is 10.2 Å². The molecule has 13 nitrogen and oxygen atoms in total. The highest BCUT2D eigenvalue weighted by Gasteiger charge is 2.15. The second-order valence-corrected chi connectivity index (χ2v) is 16.2. The first kappa shape index (κ1) is 55.1. The van der Waals surface area contributed by atoms with Crippen molar-refractivity contribution in [2.24, 2.45) is 5.73 Å². The van der Waals surface area contributed by atoms with Gasteiger partial charge in [0, 0.05) is 72.7 Å². The van der Waals surface area contributed by atoms with Crippen LogP contribution in [0.3, 0.4) is 0 Å². The van der Waals surface area contributed by atoms with Crippen molar-refractivity contribution in [3.05, 3.63) is 164 Å². The number of ketones is 1. The minimum atomic E-state index is -1.00. The summed E-state index contributed by atoms with van der Waals surface area (Å²) in [7, 11) is -1.00. The second kappa shape index (κ2) is 28.8. The quantitative estimate of drug-likeness (QED) is 0.0891. The fourth-order valence-corrected chi connectivity index (χ4v) is 7.08. The molecule has 362 valence electrons. The summed E-state index contributed by atoms with van der Waals surface area (Å²) in [6.07, 6.45) is 17.8. The zero-order valence-corrected chi connectivity index (χ0v) is 39.9. The molecule has 8 aromatic rings. The number of carboxylic acids is 1. The van der Waals surface area contributed by atoms with Crippen LogP contribution in [0, 0.1) is 38.5 Å². The van der Waals surface area contributed by atoms with Crippen LogP contribution in [0.25, 0.3) is 32.7 Å². The fraction of sp³-hybridized carbons (Fsp3) is 0.208. The molecular formula is C53H52Cl3FN8O5. The molecule has 8 rings (SSSR count). The van der Waals surface area contributed by atoms with Crippen LogP contribution >= 0.6 is 34.8 Å². The lowest BCUT2D eigenvalue weighted by molar-refractivity contribution is -0.136. The molecule has 6 N–H and O–H groups in total. The minimum absolute atomic E-state index is 0. The molecule has 17 heteroatoms. The van der Waals surface area contributed by atoms with E-state index in [1.54, 1.807) is 48.9 Å². The number of alkyl halides is 1. The Morgan fingerprint density at radius 3 is 1.73 bits per heavy atom. The van der Waals surface area contributed by atoms with Crippen molar-refractivity contribution < 1.29 is 29.7 Å². The van der Waals surface area contributed by atoms with Crippen molar-refractivity contribution in [2.75, 3.05) is 19.4 Å². The maximum Gasteiger partial charge on any atom is 0.307 e. The number of halogens is 4. The number of rotatable bonds is 11. The number of nitrogens with two attached hydrogens (primary N) is 2. The summed E-state index contributed by atoms with van der Waals surface area (Å²) >= 11 is 17.7. The topological polar surface area (TPSA) is 213 Å². The predicted octanol–water partition coefficient (Wildman–Crippen LogP) is 10.7. The molecule has 0 radical (unpaired) electrons. The van der Waals surface area contributed by atoms with E-state index in [1.807, 2.05) is 62.4 Å². The number of hydrogen-bond donors (Lipinski definition) is 4. The average molecular weight is 1010 g/mol. The van der Waals surface area contributed by atoms with Gasteiger partial charge < -0.3 is 26.3 Å². The van der Waals surface area contributed by atoms with E-state index in [1.165, 1.54) is 6.20 Å². The van der Waals surface area contributed by atoms with Gasteiger partial charge in [0.05, 0.1) is 59.3 Å². The van der Waals surface area contributed by atoms with Crippen LogP contribution in [0.5, 0.6) is 0 Å². The van der Waals surface area contributed by atoms with E-state index in [0.29, 0.717) is 65.5 Å². The van der Waals surface area contributed by atoms with Gasteiger partial charge in [0.2, 0.25) is 5.76 Å². The molecule has 0 aliphatic heterocycles. The van der Waals surface area contributed by atoms with Gasteiger partial charge in [-0.25, -0.2) is 9.97 Å². The number of fused-ring (bicyclic) bond motifs is 3. The first-order chi connectivity index (χ1) is 33.5. The van der Waals surface area contributed by atoms with Crippen molar-refractivity contribution in [2.45, 2.75) is 59.9 Å². The number of Topliss-reactive ketones (excluding diaryl/α,β-unsaturated/α-hetero) is 1. The number of benzene rings is 3. The van der Waals surface area contributed by atoms with Gasteiger partial charge in [-0.1, -0.05) is 66.3 Å². The number of carbonyl (C=O) groups excluding carboxylic acids is 2. The summed E-state index contributed by atoms with van der Waals surface area (Å²) in [6.45, 7) is 4.48. The number of nitrogen functional groups attached to an aromatic ring is 1. The SMILES string of the molecule is C.C#CCCC(=O)Cc1ccc2ncc(Cl)cc2c1.C#CCN.Cc1cc(N)nc(C)c1CNC(=O)c1cnc(Cc2ccc3ncc(Cl)cc3c2)o1.O=C(O)Cc1ccc2ncc(Cl)cc2c1.[2H]CF. The third-order valence-corrected chi connectivity index (χ3v) is 10.3. The summed E-state index contributed by atoms with van der Waals surface area (Å²) in [5.41, 5.74) is 18.5. The van der Waals surface area contributed by atoms with E-state index in [-0.39, 0.29) is 31.3 Å². The normalized spacial score (nSPS) is 10.2. The van der Waals surface area contributed by atoms with Crippen molar-refractivity contribution >= 4 is 91.0 Å². The number of aromatic nitrogens is 5. The van der Waals surface area contributed by atoms with Gasteiger partial charge in [0.15, 0.2) is 5.89 Å². The number of pyridine rings is 4. The molecule has 0 saturated heterocycles. The van der Waals surface area contributed by atoms with Gasteiger partial charge in [0.1, 0.15) is 11.6 Å². The number of aryl methyl sites for hydroxylation is 2. The maximum atomic E-state index is 12.5. The maximum absolute atomic E-state index is 12.5. The standard InChI is InChI=1S/C22H20ClN5O2.C15H12ClNO.C11H8ClNO2.C3H5N.CH3F.CH4/c1-12-5-20(24)28-13(2)17(12)10-27-22(29)19-11-26-21(30-19)7-14-3-4-18-15(6-14)8-16(23)9-25-18;1-2-3-4-14(18)8-11-5-6-15-12(7-11)9-13(16)10-17-15;12-9-5-8-3-7(4-11(14)15)1-2-10(8)13-6-9;1-2-3-4;1-2;/h3-6,8-9,11H,7,10H2,1-2H3,(H2,24,28)(H,27,29);1,5-7,9-10H,3-4,8H2;1-3,5-6H,4H2,(H,14,15);1H,3-4H2;1H3;1H4/i;;;;1D;. The average Bonchev–Trinajstić information content (AvgIpc) is 3.79. The molecular weight excluding hydrogens is 954 g/mol. The van der Waals surface area contributed by atoms with Crippen LogP contribution in [-0.4, -0.2) is 61.4 Å². The van der Waals surface area contributed by atoms with Gasteiger partial charge in [-0.3, -0.25) is 33.7 Å². The number of nitrogens with one attached hydrogen (secondary N) is 1. The van der Waals surface area contributed by atoms with Crippen molar-refractivity contribution in [3.8, 4) is 24.7 Å². The molecule has 5 heterocycles. The number of terminal acetylenes is 2. The Hall–Kier alpha value is -7.46. The third-order valence-electron chi connectivity index (χ3n) is 9.69. The van der Waals surface area contributed by atoms with Crippen molar-refractivity contribution in [1.29, 1.82) is 0 Å². The highest BCUT2D eigenvalue weighted by molar-refractivity contribution is 6.31. The number of carbonyl (C=O) groups is 3. The first-order valence-electron chi connectivity index (χ1n) is 21.5. The highest BCUT2D eigenvalue weighted by atomic mass is 35.5. The van der Waals surface area contributed by atoms with E-state index < -0.39 is 13.1 Å². The molecule has 0 spiro atoms. The molecule has 0 bridgehead atoms. The van der Waals surface area contributed by atoms with E-state index >= 15 is 0 Å². The molecule has 0 aliphatic rings. The lowest BCUT2D eigenvalue weighted by atomic mass is 10.0. The monoisotopic (exact) mass is 1010 g/mol. The summed E-state index contributed by atoms with van der Waals surface area (Å²) < 4.78 is 21.2. The Morgan fingerprint density at radius 2 is 1.26 bits per heavy atom. The van der Waals surface area contributed by atoms with Crippen LogP contribution in [-0.2, 0) is 35.4 Å². The Labute approximate surface area is 422 Å². The molecule has 0 atom stereocenters.